The van der Waals surface area contributed by atoms with Crippen LogP contribution in [-0.4, -0.2) is 22.4 Å². The highest BCUT2D eigenvalue weighted by Gasteiger charge is 2.53. The molecule has 1 N–H and O–H groups in total. The van der Waals surface area contributed by atoms with Crippen LogP contribution in [0.1, 0.15) is 56.6 Å². The van der Waals surface area contributed by atoms with Gasteiger partial charge in [0.25, 0.3) is 5.91 Å². The Hall–Kier alpha value is -1.84. The lowest BCUT2D eigenvalue weighted by Gasteiger charge is -2.31. The topological polar surface area (TPSA) is 49.4 Å². The summed E-state index contributed by atoms with van der Waals surface area (Å²) in [7, 11) is 0. The molecule has 0 bridgehead atoms. The minimum absolute atomic E-state index is 0.108. The van der Waals surface area contributed by atoms with Gasteiger partial charge in [0.2, 0.25) is 0 Å². The van der Waals surface area contributed by atoms with E-state index in [-0.39, 0.29) is 11.9 Å². The molecule has 2 fully saturated rings. The number of hydrogen-bond acceptors (Lipinski definition) is 2. The average molecular weight is 286 g/mol. The molecule has 2 aliphatic rings. The van der Waals surface area contributed by atoms with E-state index < -0.39 is 5.54 Å². The Kier molecular flexibility index (Phi) is 3.47. The van der Waals surface area contributed by atoms with Gasteiger partial charge in [-0.05, 0) is 29.9 Å². The van der Waals surface area contributed by atoms with Crippen LogP contribution in [0.4, 0.5) is 4.79 Å². The molecule has 112 valence electrons. The van der Waals surface area contributed by atoms with E-state index in [2.05, 4.69) is 43.4 Å². The van der Waals surface area contributed by atoms with Crippen molar-refractivity contribution >= 4 is 11.9 Å². The van der Waals surface area contributed by atoms with Crippen LogP contribution in [0.25, 0.3) is 0 Å². The monoisotopic (exact) mass is 286 g/mol. The Morgan fingerprint density at radius 3 is 2.33 bits per heavy atom. The Bertz CT molecular complexity index is 557. The van der Waals surface area contributed by atoms with Gasteiger partial charge in [-0.1, -0.05) is 51.0 Å². The Balaban J connectivity index is 1.82. The first-order valence-corrected chi connectivity index (χ1v) is 7.75. The van der Waals surface area contributed by atoms with Crippen molar-refractivity contribution in [2.75, 3.05) is 0 Å². The molecular formula is C17H22N2O2. The molecular weight excluding hydrogens is 264 g/mol. The van der Waals surface area contributed by atoms with E-state index in [1.807, 2.05) is 0 Å². The van der Waals surface area contributed by atoms with Gasteiger partial charge in [-0.2, -0.15) is 0 Å². The Morgan fingerprint density at radius 2 is 1.76 bits per heavy atom. The SMILES string of the molecule is CC(C)c1ccc(CN2C(=O)NC(=O)C23CCCC3)cc1. The summed E-state index contributed by atoms with van der Waals surface area (Å²) in [5.74, 6) is 0.390. The second kappa shape index (κ2) is 5.17. The second-order valence-electron chi connectivity index (χ2n) is 6.48. The van der Waals surface area contributed by atoms with E-state index in [0.29, 0.717) is 12.5 Å². The van der Waals surface area contributed by atoms with Crippen molar-refractivity contribution in [3.8, 4) is 0 Å². The largest absolute Gasteiger partial charge is 0.325 e. The lowest BCUT2D eigenvalue weighted by Crippen LogP contribution is -2.46. The van der Waals surface area contributed by atoms with Crippen molar-refractivity contribution in [1.29, 1.82) is 0 Å². The average Bonchev–Trinajstić information content (AvgIpc) is 3.02. The van der Waals surface area contributed by atoms with Gasteiger partial charge >= 0.3 is 6.03 Å². The molecule has 0 unspecified atom stereocenters. The van der Waals surface area contributed by atoms with E-state index in [0.717, 1.165) is 31.2 Å². The van der Waals surface area contributed by atoms with Gasteiger partial charge in [-0.25, -0.2) is 4.79 Å². The normalized spacial score (nSPS) is 20.6. The highest BCUT2D eigenvalue weighted by molar-refractivity contribution is 6.07. The highest BCUT2D eigenvalue weighted by Crippen LogP contribution is 2.39. The third-order valence-electron chi connectivity index (χ3n) is 4.82. The summed E-state index contributed by atoms with van der Waals surface area (Å²) >= 11 is 0. The van der Waals surface area contributed by atoms with E-state index >= 15 is 0 Å². The van der Waals surface area contributed by atoms with Crippen LogP contribution in [-0.2, 0) is 11.3 Å². The smallest absolute Gasteiger partial charge is 0.305 e. The van der Waals surface area contributed by atoms with E-state index in [4.69, 9.17) is 0 Å². The van der Waals surface area contributed by atoms with Gasteiger partial charge in [-0.15, -0.1) is 0 Å². The van der Waals surface area contributed by atoms with Crippen LogP contribution in [0.15, 0.2) is 24.3 Å². The van der Waals surface area contributed by atoms with Crippen molar-refractivity contribution in [3.63, 3.8) is 0 Å². The summed E-state index contributed by atoms with van der Waals surface area (Å²) in [6.45, 7) is 4.83. The molecule has 1 aliphatic carbocycles. The first-order valence-electron chi connectivity index (χ1n) is 7.75. The van der Waals surface area contributed by atoms with Gasteiger partial charge in [0.05, 0.1) is 0 Å². The molecule has 4 nitrogen and oxygen atoms in total. The lowest BCUT2D eigenvalue weighted by molar-refractivity contribution is -0.126. The van der Waals surface area contributed by atoms with Crippen molar-refractivity contribution < 1.29 is 9.59 Å². The van der Waals surface area contributed by atoms with Gasteiger partial charge in [0.15, 0.2) is 0 Å². The number of carbonyl (C=O) groups excluding carboxylic acids is 2. The number of carbonyl (C=O) groups is 2. The van der Waals surface area contributed by atoms with Crippen molar-refractivity contribution in [3.05, 3.63) is 35.4 Å². The number of imide groups is 1. The third-order valence-corrected chi connectivity index (χ3v) is 4.82. The zero-order valence-corrected chi connectivity index (χ0v) is 12.7. The molecule has 1 aromatic rings. The molecule has 1 aromatic carbocycles. The molecule has 0 aromatic heterocycles. The van der Waals surface area contributed by atoms with Gasteiger partial charge in [0.1, 0.15) is 5.54 Å². The number of rotatable bonds is 3. The molecule has 1 saturated carbocycles. The summed E-state index contributed by atoms with van der Waals surface area (Å²) in [5, 5.41) is 2.50. The maximum absolute atomic E-state index is 12.2. The zero-order valence-electron chi connectivity index (χ0n) is 12.7. The van der Waals surface area contributed by atoms with Crippen LogP contribution in [0.3, 0.4) is 0 Å². The van der Waals surface area contributed by atoms with Gasteiger partial charge in [0, 0.05) is 6.54 Å². The van der Waals surface area contributed by atoms with Crippen LogP contribution in [0.2, 0.25) is 0 Å². The molecule has 3 rings (SSSR count). The van der Waals surface area contributed by atoms with Crippen molar-refractivity contribution in [1.82, 2.24) is 10.2 Å². The van der Waals surface area contributed by atoms with Crippen LogP contribution in [0.5, 0.6) is 0 Å². The molecule has 4 heteroatoms. The summed E-state index contributed by atoms with van der Waals surface area (Å²) in [6.07, 6.45) is 3.61. The zero-order chi connectivity index (χ0) is 15.0. The fourth-order valence-electron chi connectivity index (χ4n) is 3.47. The summed E-state index contributed by atoms with van der Waals surface area (Å²) in [4.78, 5) is 26.0. The minimum Gasteiger partial charge on any atom is -0.305 e. The van der Waals surface area contributed by atoms with Crippen LogP contribution >= 0.6 is 0 Å². The predicted molar refractivity (Wildman–Crippen MR) is 80.8 cm³/mol. The molecule has 3 amide bonds. The van der Waals surface area contributed by atoms with E-state index in [9.17, 15) is 9.59 Å². The molecule has 0 radical (unpaired) electrons. The van der Waals surface area contributed by atoms with Crippen LogP contribution < -0.4 is 5.32 Å². The number of nitrogens with one attached hydrogen (secondary N) is 1. The van der Waals surface area contributed by atoms with Crippen LogP contribution in [0, 0.1) is 0 Å². The predicted octanol–water partition coefficient (Wildman–Crippen LogP) is 3.17. The summed E-state index contributed by atoms with van der Waals surface area (Å²) in [5.41, 5.74) is 1.78. The number of benzene rings is 1. The summed E-state index contributed by atoms with van der Waals surface area (Å²) < 4.78 is 0. The Morgan fingerprint density at radius 1 is 1.14 bits per heavy atom. The third kappa shape index (κ3) is 2.33. The van der Waals surface area contributed by atoms with Crippen molar-refractivity contribution in [2.24, 2.45) is 0 Å². The molecule has 1 spiro atoms. The first-order chi connectivity index (χ1) is 10.0. The van der Waals surface area contributed by atoms with E-state index in [1.165, 1.54) is 5.56 Å². The minimum atomic E-state index is -0.589. The molecule has 1 saturated heterocycles. The molecule has 1 heterocycles. The molecule has 0 atom stereocenters. The number of amides is 3. The van der Waals surface area contributed by atoms with E-state index in [1.54, 1.807) is 4.90 Å². The van der Waals surface area contributed by atoms with Gasteiger partial charge in [-0.3, -0.25) is 10.1 Å². The highest BCUT2D eigenvalue weighted by atomic mass is 16.2. The lowest BCUT2D eigenvalue weighted by atomic mass is 9.95. The maximum Gasteiger partial charge on any atom is 0.325 e. The molecule has 1 aliphatic heterocycles. The second-order valence-corrected chi connectivity index (χ2v) is 6.48. The number of hydrogen-bond donors (Lipinski definition) is 1. The standard InChI is InChI=1S/C17H22N2O2/c1-12(2)14-7-5-13(6-8-14)11-19-16(21)18-15(20)17(19)9-3-4-10-17/h5-8,12H,3-4,9-11H2,1-2H3,(H,18,20,21). The fraction of sp³-hybridized carbons (Fsp3) is 0.529. The maximum atomic E-state index is 12.2. The van der Waals surface area contributed by atoms with Gasteiger partial charge < -0.3 is 4.90 Å². The first kappa shape index (κ1) is 14.1. The van der Waals surface area contributed by atoms with Crippen molar-refractivity contribution in [2.45, 2.75) is 57.5 Å². The number of urea groups is 1. The molecule has 21 heavy (non-hydrogen) atoms. The quantitative estimate of drug-likeness (QED) is 0.868. The number of nitrogens with zero attached hydrogens (tertiary/aromatic N) is 1. The Labute approximate surface area is 125 Å². The summed E-state index contributed by atoms with van der Waals surface area (Å²) in [6, 6.07) is 8.10. The fourth-order valence-corrected chi connectivity index (χ4v) is 3.47.